The quantitative estimate of drug-likeness (QED) is 0.0505. The molecule has 17 heteroatoms. The van der Waals surface area contributed by atoms with E-state index in [1.165, 1.54) is 22.9 Å². The van der Waals surface area contributed by atoms with Crippen molar-refractivity contribution in [1.82, 2.24) is 31.6 Å². The molecule has 2 spiro atoms. The van der Waals surface area contributed by atoms with Crippen LogP contribution in [0.15, 0.2) is 77.3 Å². The van der Waals surface area contributed by atoms with Crippen molar-refractivity contribution in [3.05, 3.63) is 88.5 Å². The van der Waals surface area contributed by atoms with Gasteiger partial charge in [-0.1, -0.05) is 74.4 Å². The zero-order valence-electron chi connectivity index (χ0n) is 40.4. The van der Waals surface area contributed by atoms with Crippen LogP contribution in [0, 0.1) is 28.6 Å². The van der Waals surface area contributed by atoms with Gasteiger partial charge in [-0.15, -0.1) is 11.8 Å². The van der Waals surface area contributed by atoms with Gasteiger partial charge in [0.2, 0.25) is 23.8 Å². The Balaban J connectivity index is 1.23. The number of nitrogens with zero attached hydrogens (tertiary/aromatic N) is 1. The van der Waals surface area contributed by atoms with E-state index in [1.807, 2.05) is 18.5 Å². The van der Waals surface area contributed by atoms with Crippen molar-refractivity contribution in [3.8, 4) is 0 Å². The number of rotatable bonds is 19. The molecule has 3 heterocycles. The van der Waals surface area contributed by atoms with Gasteiger partial charge in [0, 0.05) is 43.7 Å². The number of benzene rings is 1. The SMILES string of the molecule is CNCN[C@@](O)(CCC(=O)N[C@@H](CS[C@H]1C2=C3[C@H](C(=O)O2)C([C@@H]2NCCC[C@H]2Cc2ccccc2)=C(Cc2ccncc2)C[C@H]3C2(CCCC2)CCCCC12CCCC2)C(=O)N[C@@H](O)C(=O)O)C(=O)O. The number of carboxylic acids is 2. The Morgan fingerprint density at radius 1 is 0.886 bits per heavy atom. The minimum atomic E-state index is -2.46. The molecular formula is C53H72N6O10S. The standard InChI is InChI=1S/C53H72N6O10S/c1-54-32-57-53(68,50(66)67)24-15-39(60)58-38(46(61)59-47(62)48(63)64)31-70-45-44-41-37(51(18-5-6-19-51)20-7-8-21-52(45)22-9-10-23-52)30-36(29-34-16-26-55-27-17-34)40(42(41)49(65)69-44)43-35(14-11-25-56-43)28-33-12-3-2-4-13-33/h2-4,12-13,16-17,26-27,35,37-38,42-43,45,47,54,56-57,62,68H,5-11,14-15,18-25,28-32H2,1H3,(H,58,60)(H,59,61)(H,63,64)(H,66,67)/t35-,37+,38-,42+,43+,45-,47-,53+/m0/s1. The number of aromatic nitrogens is 1. The number of hydrogen-bond donors (Lipinski definition) is 9. The average Bonchev–Trinajstić information content (AvgIpc) is 4.12. The first-order valence-electron chi connectivity index (χ1n) is 25.6. The largest absolute Gasteiger partial charge is 0.478 e. The number of esters is 1. The predicted octanol–water partition coefficient (Wildman–Crippen LogP) is 5.10. The Morgan fingerprint density at radius 2 is 1.54 bits per heavy atom. The molecule has 4 aliphatic carbocycles. The van der Waals surface area contributed by atoms with Gasteiger partial charge < -0.3 is 46.4 Å². The number of pyridine rings is 1. The first-order chi connectivity index (χ1) is 33.8. The number of carboxylic acid groups (broad SMARTS) is 2. The van der Waals surface area contributed by atoms with E-state index in [-0.39, 0.29) is 47.1 Å². The summed E-state index contributed by atoms with van der Waals surface area (Å²) in [5.41, 5.74) is 3.13. The lowest BCUT2D eigenvalue weighted by Gasteiger charge is -2.48. The number of aliphatic hydroxyl groups excluding tert-OH is 1. The molecule has 0 bridgehead atoms. The van der Waals surface area contributed by atoms with Gasteiger partial charge in [0.15, 0.2) is 0 Å². The number of piperidine rings is 1. The highest BCUT2D eigenvalue weighted by Crippen LogP contribution is 2.63. The van der Waals surface area contributed by atoms with E-state index in [1.54, 1.807) is 7.05 Å². The third-order valence-corrected chi connectivity index (χ3v) is 18.1. The van der Waals surface area contributed by atoms with Crippen LogP contribution in [0.1, 0.15) is 120 Å². The minimum Gasteiger partial charge on any atom is -0.478 e. The Labute approximate surface area is 415 Å². The van der Waals surface area contributed by atoms with Gasteiger partial charge >= 0.3 is 17.9 Å². The van der Waals surface area contributed by atoms with Crippen LogP contribution < -0.4 is 26.6 Å². The van der Waals surface area contributed by atoms with Crippen LogP contribution in [-0.2, 0) is 41.6 Å². The highest BCUT2D eigenvalue weighted by molar-refractivity contribution is 8.00. The number of aliphatic hydroxyl groups is 2. The number of thioether (sulfide) groups is 1. The number of hydrogen-bond acceptors (Lipinski definition) is 13. The lowest BCUT2D eigenvalue weighted by Crippen LogP contribution is -2.56. The van der Waals surface area contributed by atoms with Crippen molar-refractivity contribution in [2.75, 3.05) is 26.0 Å². The van der Waals surface area contributed by atoms with Crippen LogP contribution in [-0.4, -0.2) is 110 Å². The van der Waals surface area contributed by atoms with E-state index in [2.05, 4.69) is 68.0 Å². The van der Waals surface area contributed by atoms with Crippen molar-refractivity contribution in [3.63, 3.8) is 0 Å². The number of nitrogens with one attached hydrogen (secondary N) is 5. The monoisotopic (exact) mass is 985 g/mol. The molecule has 3 fully saturated rings. The molecule has 0 unspecified atom stereocenters. The third-order valence-electron chi connectivity index (χ3n) is 16.6. The summed E-state index contributed by atoms with van der Waals surface area (Å²) in [5.74, 6) is -4.97. The first kappa shape index (κ1) is 51.7. The van der Waals surface area contributed by atoms with Gasteiger partial charge in [-0.3, -0.25) is 24.7 Å². The summed E-state index contributed by atoms with van der Waals surface area (Å²) in [6.07, 6.45) is 16.9. The van der Waals surface area contributed by atoms with Gasteiger partial charge in [-0.2, -0.15) is 0 Å². The number of amides is 2. The molecule has 380 valence electrons. The Morgan fingerprint density at radius 3 is 2.17 bits per heavy atom. The Bertz CT molecular complexity index is 2270. The van der Waals surface area contributed by atoms with E-state index in [0.717, 1.165) is 126 Å². The highest BCUT2D eigenvalue weighted by Gasteiger charge is 2.58. The lowest BCUT2D eigenvalue weighted by atomic mass is 9.56. The van der Waals surface area contributed by atoms with E-state index < -0.39 is 65.8 Å². The van der Waals surface area contributed by atoms with Crippen molar-refractivity contribution in [1.29, 1.82) is 0 Å². The summed E-state index contributed by atoms with van der Waals surface area (Å²) in [5, 5.41) is 54.0. The fourth-order valence-corrected chi connectivity index (χ4v) is 14.8. The zero-order chi connectivity index (χ0) is 49.5. The molecule has 1 saturated heterocycles. The van der Waals surface area contributed by atoms with Gasteiger partial charge in [-0.05, 0) is 141 Å². The number of fused-ring (bicyclic) bond motifs is 1. The van der Waals surface area contributed by atoms with Gasteiger partial charge in [0.05, 0.1) is 5.25 Å². The van der Waals surface area contributed by atoms with E-state index in [4.69, 9.17) is 4.74 Å². The molecule has 9 N–H and O–H groups in total. The van der Waals surface area contributed by atoms with Crippen molar-refractivity contribution < 1.29 is 49.1 Å². The van der Waals surface area contributed by atoms with Crippen LogP contribution in [0.3, 0.4) is 0 Å². The number of allylic oxidation sites excluding steroid dienone is 1. The topological polar surface area (TPSA) is 249 Å². The number of aliphatic carboxylic acids is 2. The first-order valence-corrected chi connectivity index (χ1v) is 26.6. The molecule has 8 atom stereocenters. The summed E-state index contributed by atoms with van der Waals surface area (Å²) >= 11 is 1.43. The normalized spacial score (nSPS) is 26.8. The number of ether oxygens (including phenoxy) is 1. The molecule has 0 radical (unpaired) electrons. The van der Waals surface area contributed by atoms with Gasteiger partial charge in [-0.25, -0.2) is 9.59 Å². The number of carbonyl (C=O) groups is 5. The predicted molar refractivity (Wildman–Crippen MR) is 263 cm³/mol. The van der Waals surface area contributed by atoms with Crippen molar-refractivity contribution in [2.45, 2.75) is 151 Å². The van der Waals surface area contributed by atoms with Crippen LogP contribution in [0.5, 0.6) is 0 Å². The van der Waals surface area contributed by atoms with Gasteiger partial charge in [0.25, 0.3) is 0 Å². The van der Waals surface area contributed by atoms with Crippen LogP contribution >= 0.6 is 11.8 Å². The molecule has 2 aliphatic heterocycles. The second-order valence-corrected chi connectivity index (χ2v) is 22.0. The Kier molecular flexibility index (Phi) is 16.9. The fourth-order valence-electron chi connectivity index (χ4n) is 13.2. The van der Waals surface area contributed by atoms with Gasteiger partial charge in [0.1, 0.15) is 17.7 Å². The molecule has 2 aromatic rings. The second-order valence-electron chi connectivity index (χ2n) is 20.8. The smallest absolute Gasteiger partial charge is 0.353 e. The molecule has 1 aromatic heterocycles. The average molecular weight is 985 g/mol. The molecule has 1 aromatic carbocycles. The maximum atomic E-state index is 15.4. The summed E-state index contributed by atoms with van der Waals surface area (Å²) in [6, 6.07) is 13.3. The summed E-state index contributed by atoms with van der Waals surface area (Å²) in [4.78, 5) is 71.3. The third kappa shape index (κ3) is 11.3. The maximum absolute atomic E-state index is 15.4. The van der Waals surface area contributed by atoms with Crippen molar-refractivity contribution in [2.24, 2.45) is 28.6 Å². The van der Waals surface area contributed by atoms with Crippen molar-refractivity contribution >= 4 is 41.5 Å². The summed E-state index contributed by atoms with van der Waals surface area (Å²) in [6.45, 7) is 0.765. The van der Waals surface area contributed by atoms with Crippen LogP contribution in [0.4, 0.5) is 0 Å². The summed E-state index contributed by atoms with van der Waals surface area (Å²) < 4.78 is 6.93. The number of carbonyl (C=O) groups excluding carboxylic acids is 3. The van der Waals surface area contributed by atoms with E-state index in [0.29, 0.717) is 12.2 Å². The highest BCUT2D eigenvalue weighted by atomic mass is 32.2. The van der Waals surface area contributed by atoms with Crippen LogP contribution in [0.2, 0.25) is 0 Å². The van der Waals surface area contributed by atoms with Crippen LogP contribution in [0.25, 0.3) is 0 Å². The molecule has 2 saturated carbocycles. The minimum absolute atomic E-state index is 0.0341. The zero-order valence-corrected chi connectivity index (χ0v) is 41.2. The fraction of sp³-hybridized carbons (Fsp3) is 0.623. The van der Waals surface area contributed by atoms with E-state index >= 15 is 4.79 Å². The van der Waals surface area contributed by atoms with E-state index in [9.17, 15) is 39.6 Å². The Hall–Kier alpha value is -4.65. The molecule has 2 amide bonds. The molecule has 16 nitrogen and oxygen atoms in total. The molecule has 6 aliphatic rings. The second kappa shape index (κ2) is 22.8. The maximum Gasteiger partial charge on any atom is 0.353 e. The molecule has 70 heavy (non-hydrogen) atoms. The molecular weight excluding hydrogens is 913 g/mol. The molecule has 8 rings (SSSR count). The lowest BCUT2D eigenvalue weighted by molar-refractivity contribution is -0.164. The summed E-state index contributed by atoms with van der Waals surface area (Å²) in [7, 11) is 1.56.